The molecular weight excluding hydrogens is 455 g/mol. The average molecular weight is 478 g/mol. The Balaban J connectivity index is 1.33. The first-order valence-corrected chi connectivity index (χ1v) is 12.0. The molecule has 0 aromatic carbocycles. The standard InChI is InChI=1S/C17H23N2O10PS/c1-16(2,7-20)14(23)31-6-5-26-30(25)27-8-17-10(22)13(28-11(17)12(17)29-30)19-4-3-9(21)18-15(19)24/h3-4,10-13,20,22H,5-8H2,1-2H3,(H,18,21,24)/t10-,11+,12?,13+,17+,30-/m0/s1. The van der Waals surface area contributed by atoms with Gasteiger partial charge in [-0.15, -0.1) is 0 Å². The number of hydrogen-bond donors (Lipinski definition) is 3. The Morgan fingerprint density at radius 3 is 2.87 bits per heavy atom. The zero-order valence-electron chi connectivity index (χ0n) is 16.8. The Bertz CT molecular complexity index is 1040. The van der Waals surface area contributed by atoms with Crippen LogP contribution in [0.2, 0.25) is 0 Å². The lowest BCUT2D eigenvalue weighted by atomic mass is 9.97. The van der Waals surface area contributed by atoms with E-state index in [0.29, 0.717) is 0 Å². The number of H-pyrrole nitrogens is 1. The molecule has 3 heterocycles. The third-order valence-electron chi connectivity index (χ3n) is 5.69. The smallest absolute Gasteiger partial charge is 0.395 e. The second kappa shape index (κ2) is 7.92. The summed E-state index contributed by atoms with van der Waals surface area (Å²) in [6, 6.07) is 1.14. The van der Waals surface area contributed by atoms with E-state index < -0.39 is 54.4 Å². The van der Waals surface area contributed by atoms with Gasteiger partial charge >= 0.3 is 13.5 Å². The fraction of sp³-hybridized carbons (Fsp3) is 0.706. The molecule has 1 aromatic rings. The monoisotopic (exact) mass is 478 g/mol. The summed E-state index contributed by atoms with van der Waals surface area (Å²) in [5.74, 6) is 0.189. The molecule has 6 atom stereocenters. The maximum Gasteiger partial charge on any atom is 0.475 e. The lowest BCUT2D eigenvalue weighted by molar-refractivity contribution is -0.119. The highest BCUT2D eigenvalue weighted by molar-refractivity contribution is 8.13. The minimum absolute atomic E-state index is 0.0849. The van der Waals surface area contributed by atoms with E-state index in [2.05, 4.69) is 4.98 Å². The zero-order chi connectivity index (χ0) is 22.6. The topological polar surface area (TPSA) is 166 Å². The van der Waals surface area contributed by atoms with Crippen LogP contribution in [0.1, 0.15) is 20.1 Å². The van der Waals surface area contributed by atoms with Gasteiger partial charge in [0.05, 0.1) is 30.7 Å². The van der Waals surface area contributed by atoms with Crippen molar-refractivity contribution in [1.29, 1.82) is 0 Å². The first kappa shape index (κ1) is 22.9. The summed E-state index contributed by atoms with van der Waals surface area (Å²) in [6.07, 6.45) is -2.42. The van der Waals surface area contributed by atoms with E-state index in [9.17, 15) is 29.2 Å². The minimum atomic E-state index is -3.91. The molecular formula is C17H23N2O10PS. The number of rotatable bonds is 7. The van der Waals surface area contributed by atoms with Gasteiger partial charge < -0.3 is 14.9 Å². The number of aromatic nitrogens is 2. The Kier molecular flexibility index (Phi) is 5.85. The number of hydrogen-bond acceptors (Lipinski definition) is 11. The van der Waals surface area contributed by atoms with Gasteiger partial charge in [-0.3, -0.25) is 32.7 Å². The number of thioether (sulfide) groups is 1. The van der Waals surface area contributed by atoms with Crippen molar-refractivity contribution in [1.82, 2.24) is 9.55 Å². The summed E-state index contributed by atoms with van der Waals surface area (Å²) in [5, 5.41) is 19.7. The molecule has 3 fully saturated rings. The lowest BCUT2D eigenvalue weighted by Crippen LogP contribution is -2.42. The molecule has 2 aliphatic heterocycles. The SMILES string of the molecule is CC(C)(CO)C(=O)SCCO[P@@]1(=O)OC[C@]23C(O1)[C@H]2O[C@@H](n1ccc(=O)[nH]c1=O)[C@@H]3O. The molecule has 2 saturated heterocycles. The predicted molar refractivity (Wildman–Crippen MR) is 106 cm³/mol. The molecule has 1 saturated carbocycles. The molecule has 3 N–H and O–H groups in total. The molecule has 0 bridgehead atoms. The summed E-state index contributed by atoms with van der Waals surface area (Å²) in [7, 11) is -3.91. The Morgan fingerprint density at radius 1 is 1.45 bits per heavy atom. The summed E-state index contributed by atoms with van der Waals surface area (Å²) in [6.45, 7) is 2.69. The summed E-state index contributed by atoms with van der Waals surface area (Å²) >= 11 is 0.944. The van der Waals surface area contributed by atoms with Crippen molar-refractivity contribution < 1.29 is 37.9 Å². The highest BCUT2D eigenvalue weighted by Crippen LogP contribution is 2.72. The summed E-state index contributed by atoms with van der Waals surface area (Å²) < 4.78 is 35.5. The highest BCUT2D eigenvalue weighted by atomic mass is 32.2. The zero-order valence-corrected chi connectivity index (χ0v) is 18.5. The van der Waals surface area contributed by atoms with Crippen molar-refractivity contribution >= 4 is 24.7 Å². The number of phosphoric ester groups is 1. The molecule has 12 nitrogen and oxygen atoms in total. The van der Waals surface area contributed by atoms with Crippen LogP contribution in [0.3, 0.4) is 0 Å². The predicted octanol–water partition coefficient (Wildman–Crippen LogP) is -0.387. The molecule has 3 aliphatic rings. The first-order chi connectivity index (χ1) is 14.5. The number of ether oxygens (including phenoxy) is 1. The van der Waals surface area contributed by atoms with Gasteiger partial charge in [0.2, 0.25) is 0 Å². The fourth-order valence-corrected chi connectivity index (χ4v) is 6.04. The number of phosphoric acid groups is 1. The van der Waals surface area contributed by atoms with E-state index in [4.69, 9.17) is 18.3 Å². The van der Waals surface area contributed by atoms with Gasteiger partial charge in [0.25, 0.3) is 5.56 Å². The lowest BCUT2D eigenvalue weighted by Gasteiger charge is -2.31. The van der Waals surface area contributed by atoms with Gasteiger partial charge in [0.1, 0.15) is 18.3 Å². The maximum atomic E-state index is 12.7. The second-order valence-electron chi connectivity index (χ2n) is 8.28. The van der Waals surface area contributed by atoms with Crippen molar-refractivity contribution in [3.8, 4) is 0 Å². The molecule has 1 spiro atoms. The Hall–Kier alpha value is -1.31. The first-order valence-electron chi connectivity index (χ1n) is 9.55. The van der Waals surface area contributed by atoms with E-state index in [1.54, 1.807) is 13.8 Å². The van der Waals surface area contributed by atoms with Crippen molar-refractivity contribution in [3.63, 3.8) is 0 Å². The molecule has 1 aliphatic carbocycles. The third-order valence-corrected chi connectivity index (χ3v) is 8.30. The molecule has 14 heteroatoms. The van der Waals surface area contributed by atoms with E-state index in [0.717, 1.165) is 22.4 Å². The number of aromatic amines is 1. The van der Waals surface area contributed by atoms with Gasteiger partial charge in [-0.05, 0) is 13.8 Å². The van der Waals surface area contributed by atoms with Crippen molar-refractivity contribution in [3.05, 3.63) is 33.1 Å². The van der Waals surface area contributed by atoms with E-state index in [-0.39, 0.29) is 30.7 Å². The van der Waals surface area contributed by atoms with Crippen LogP contribution in [-0.2, 0) is 27.7 Å². The molecule has 172 valence electrons. The van der Waals surface area contributed by atoms with Crippen molar-refractivity contribution in [2.45, 2.75) is 38.4 Å². The van der Waals surface area contributed by atoms with Gasteiger partial charge in [-0.25, -0.2) is 9.36 Å². The van der Waals surface area contributed by atoms with Crippen LogP contribution in [0, 0.1) is 10.8 Å². The van der Waals surface area contributed by atoms with E-state index in [1.165, 1.54) is 6.20 Å². The molecule has 1 unspecified atom stereocenters. The number of carbonyl (C=O) groups is 1. The van der Waals surface area contributed by atoms with Gasteiger partial charge in [0, 0.05) is 18.0 Å². The van der Waals surface area contributed by atoms with Crippen molar-refractivity contribution in [2.24, 2.45) is 10.8 Å². The number of aliphatic hydroxyl groups excluding tert-OH is 2. The van der Waals surface area contributed by atoms with Crippen LogP contribution in [0.5, 0.6) is 0 Å². The van der Waals surface area contributed by atoms with E-state index in [1.807, 2.05) is 0 Å². The Labute approximate surface area is 180 Å². The minimum Gasteiger partial charge on any atom is -0.395 e. The normalized spacial score (nSPS) is 36.6. The van der Waals surface area contributed by atoms with Crippen LogP contribution in [0.15, 0.2) is 21.9 Å². The quantitative estimate of drug-likeness (QED) is 0.345. The maximum absolute atomic E-state index is 12.7. The number of nitrogens with zero attached hydrogens (tertiary/aromatic N) is 1. The summed E-state index contributed by atoms with van der Waals surface area (Å²) in [5.41, 5.74) is -3.18. The summed E-state index contributed by atoms with van der Waals surface area (Å²) in [4.78, 5) is 37.3. The number of nitrogens with one attached hydrogen (secondary N) is 1. The number of carbonyl (C=O) groups excluding carboxylic acids is 1. The fourth-order valence-electron chi connectivity index (χ4n) is 3.63. The number of fused-ring (bicyclic) bond motifs is 1. The molecule has 31 heavy (non-hydrogen) atoms. The van der Waals surface area contributed by atoms with Crippen LogP contribution in [0.4, 0.5) is 0 Å². The van der Waals surface area contributed by atoms with Crippen LogP contribution in [-0.4, -0.2) is 68.8 Å². The highest BCUT2D eigenvalue weighted by Gasteiger charge is 2.81. The van der Waals surface area contributed by atoms with Crippen molar-refractivity contribution in [2.75, 3.05) is 25.6 Å². The average Bonchev–Trinajstić information content (AvgIpc) is 3.24. The molecule has 0 radical (unpaired) electrons. The van der Waals surface area contributed by atoms with E-state index >= 15 is 0 Å². The van der Waals surface area contributed by atoms with Crippen LogP contribution >= 0.6 is 19.6 Å². The number of aliphatic hydroxyl groups is 2. The molecule has 4 rings (SSSR count). The third kappa shape index (κ3) is 3.87. The molecule has 1 aromatic heterocycles. The Morgan fingerprint density at radius 2 is 2.19 bits per heavy atom. The van der Waals surface area contributed by atoms with Crippen LogP contribution in [0.25, 0.3) is 0 Å². The van der Waals surface area contributed by atoms with Gasteiger partial charge in [-0.1, -0.05) is 11.8 Å². The van der Waals surface area contributed by atoms with Gasteiger partial charge in [-0.2, -0.15) is 0 Å². The molecule has 0 amide bonds. The largest absolute Gasteiger partial charge is 0.475 e. The van der Waals surface area contributed by atoms with Gasteiger partial charge in [0.15, 0.2) is 11.3 Å². The second-order valence-corrected chi connectivity index (χ2v) is 11.0. The van der Waals surface area contributed by atoms with Crippen LogP contribution < -0.4 is 11.2 Å².